The third-order valence-electron chi connectivity index (χ3n) is 12.8. The van der Waals surface area contributed by atoms with Gasteiger partial charge in [0.15, 0.2) is 0 Å². The van der Waals surface area contributed by atoms with Crippen LogP contribution in [0.1, 0.15) is 82.4 Å². The molecule has 1 fully saturated rings. The highest BCUT2D eigenvalue weighted by Crippen LogP contribution is 2.73. The van der Waals surface area contributed by atoms with Crippen LogP contribution in [-0.4, -0.2) is 24.5 Å². The maximum Gasteiger partial charge on any atom is 0.111 e. The Morgan fingerprint density at radius 3 is 2.63 bits per heavy atom. The van der Waals surface area contributed by atoms with E-state index in [1.54, 1.807) is 0 Å². The zero-order valence-corrected chi connectivity index (χ0v) is 35.6. The second-order valence-corrected chi connectivity index (χ2v) is 16.7. The number of nitrogens with one attached hydrogen (secondary N) is 2. The Kier molecular flexibility index (Phi) is 12.4. The van der Waals surface area contributed by atoms with Gasteiger partial charge in [0.05, 0.1) is 6.04 Å². The summed E-state index contributed by atoms with van der Waals surface area (Å²) in [5, 5.41) is 7.55. The number of rotatable bonds is 11. The first-order chi connectivity index (χ1) is 29.0. The molecule has 5 aliphatic carbocycles. The number of anilines is 1. The topological polar surface area (TPSA) is 30.5 Å². The Balaban J connectivity index is 0.000000915. The average molecular weight is 779 g/mol. The summed E-state index contributed by atoms with van der Waals surface area (Å²) in [7, 11) is 2.09. The monoisotopic (exact) mass is 778 g/mol. The second-order valence-electron chi connectivity index (χ2n) is 16.7. The van der Waals surface area contributed by atoms with Gasteiger partial charge in [-0.25, -0.2) is 0 Å². The van der Waals surface area contributed by atoms with Gasteiger partial charge in [0.1, 0.15) is 5.82 Å². The lowest BCUT2D eigenvalue weighted by molar-refractivity contribution is 0.506. The minimum atomic E-state index is 0.0364. The van der Waals surface area contributed by atoms with Gasteiger partial charge in [0, 0.05) is 65.4 Å². The van der Waals surface area contributed by atoms with Gasteiger partial charge in [-0.3, -0.25) is 0 Å². The fraction of sp³-hybridized carbons (Fsp3) is 0.309. The normalized spacial score (nSPS) is 25.7. The predicted molar refractivity (Wildman–Crippen MR) is 252 cm³/mol. The number of benzene rings is 2. The van der Waals surface area contributed by atoms with E-state index in [1.807, 2.05) is 6.08 Å². The summed E-state index contributed by atoms with van der Waals surface area (Å²) >= 11 is 0. The van der Waals surface area contributed by atoms with Crippen LogP contribution in [0, 0.1) is 17.3 Å². The van der Waals surface area contributed by atoms with Gasteiger partial charge in [-0.1, -0.05) is 142 Å². The Hall–Kier alpha value is -5.58. The molecule has 1 spiro atoms. The molecule has 302 valence electrons. The van der Waals surface area contributed by atoms with E-state index in [-0.39, 0.29) is 11.5 Å². The van der Waals surface area contributed by atoms with E-state index in [1.165, 1.54) is 74.0 Å². The molecule has 4 atom stereocenters. The Labute approximate surface area is 354 Å². The van der Waals surface area contributed by atoms with Crippen molar-refractivity contribution in [3.8, 4) is 0 Å². The molecule has 4 heteroatoms. The highest BCUT2D eigenvalue weighted by molar-refractivity contribution is 5.86. The van der Waals surface area contributed by atoms with Crippen LogP contribution in [0.15, 0.2) is 192 Å². The molecule has 7 aliphatic rings. The van der Waals surface area contributed by atoms with Gasteiger partial charge in [0.2, 0.25) is 0 Å². The van der Waals surface area contributed by atoms with Crippen molar-refractivity contribution in [2.75, 3.05) is 18.5 Å². The fourth-order valence-corrected chi connectivity index (χ4v) is 9.92. The van der Waals surface area contributed by atoms with Gasteiger partial charge in [-0.15, -0.1) is 6.58 Å². The largest absolute Gasteiger partial charge is 0.374 e. The van der Waals surface area contributed by atoms with Crippen LogP contribution in [0.5, 0.6) is 0 Å². The summed E-state index contributed by atoms with van der Waals surface area (Å²) < 4.78 is 0. The third-order valence-corrected chi connectivity index (χ3v) is 12.8. The fourth-order valence-electron chi connectivity index (χ4n) is 9.92. The van der Waals surface area contributed by atoms with Crippen LogP contribution in [0.4, 0.5) is 5.69 Å². The smallest absolute Gasteiger partial charge is 0.111 e. The zero-order valence-electron chi connectivity index (χ0n) is 35.6. The van der Waals surface area contributed by atoms with Crippen molar-refractivity contribution < 1.29 is 0 Å². The standard InChI is InChI=1S/C50H52N4.C5H10/c1-4-5-8-17-35(2)54-47-25-12-7-11-23-43(47)50-32-44(50)40(27-29-48(50)54)39-26-28-46-42(31-39)38-21-14-13-20-37(30-38)34-53(46)49(51-3)41-22-15-16-24-45(41)52-33-36-18-9-6-10-19-36;1-3-5-4-2/h5-6,8-19,21-29,31,37,44-45,51-52H,4,7,20,30,32-34H2,1-3H3;3H,1,4-5H2,2H3/b8-5-,35-17+,49-41+;. The third kappa shape index (κ3) is 7.96. The summed E-state index contributed by atoms with van der Waals surface area (Å²) in [5.41, 5.74) is 15.1. The molecule has 4 nitrogen and oxygen atoms in total. The van der Waals surface area contributed by atoms with Crippen molar-refractivity contribution in [3.05, 3.63) is 209 Å². The lowest BCUT2D eigenvalue weighted by Gasteiger charge is -2.34. The molecule has 2 aromatic rings. The first-order valence-corrected chi connectivity index (χ1v) is 22.1. The van der Waals surface area contributed by atoms with E-state index in [9.17, 15) is 0 Å². The minimum absolute atomic E-state index is 0.0364. The van der Waals surface area contributed by atoms with Crippen LogP contribution >= 0.6 is 0 Å². The SMILES string of the molecule is C=CCCC.CC/C=C\C=C(/C)N1C2=CC=C(c3ccc4c(c3)C3=CC=CCC(C3)CN4/C(NC)=C3\C=CC=CC3NCc3ccccc3)C3CC23C2=C1C=CCC=C2. The van der Waals surface area contributed by atoms with Gasteiger partial charge in [-0.2, -0.15) is 0 Å². The van der Waals surface area contributed by atoms with Gasteiger partial charge in [-0.05, 0) is 110 Å². The Morgan fingerprint density at radius 2 is 1.83 bits per heavy atom. The summed E-state index contributed by atoms with van der Waals surface area (Å²) in [6.45, 7) is 11.9. The lowest BCUT2D eigenvalue weighted by Crippen LogP contribution is -2.39. The summed E-state index contributed by atoms with van der Waals surface area (Å²) in [6.07, 6.45) is 46.7. The average Bonchev–Trinajstić information content (AvgIpc) is 4.07. The van der Waals surface area contributed by atoms with Crippen molar-refractivity contribution in [2.24, 2.45) is 17.3 Å². The molecule has 9 rings (SSSR count). The van der Waals surface area contributed by atoms with E-state index >= 15 is 0 Å². The van der Waals surface area contributed by atoms with E-state index in [4.69, 9.17) is 0 Å². The quantitative estimate of drug-likeness (QED) is 0.176. The molecule has 0 radical (unpaired) electrons. The minimum Gasteiger partial charge on any atom is -0.374 e. The summed E-state index contributed by atoms with van der Waals surface area (Å²) in [4.78, 5) is 5.12. The van der Waals surface area contributed by atoms with E-state index < -0.39 is 0 Å². The van der Waals surface area contributed by atoms with Crippen molar-refractivity contribution >= 4 is 16.8 Å². The van der Waals surface area contributed by atoms with Gasteiger partial charge < -0.3 is 20.4 Å². The molecule has 2 N–H and O–H groups in total. The van der Waals surface area contributed by atoms with Crippen LogP contribution in [-0.2, 0) is 6.54 Å². The zero-order chi connectivity index (χ0) is 40.8. The molecular formula is C55H62N4. The highest BCUT2D eigenvalue weighted by atomic mass is 15.3. The van der Waals surface area contributed by atoms with Crippen LogP contribution in [0.3, 0.4) is 0 Å². The summed E-state index contributed by atoms with van der Waals surface area (Å²) in [5.74, 6) is 2.16. The molecular weight excluding hydrogens is 717 g/mol. The van der Waals surface area contributed by atoms with Crippen molar-refractivity contribution in [3.63, 3.8) is 0 Å². The van der Waals surface area contributed by atoms with Crippen molar-refractivity contribution in [1.29, 1.82) is 0 Å². The Morgan fingerprint density at radius 1 is 0.966 bits per heavy atom. The first kappa shape index (κ1) is 40.2. The number of unbranched alkanes of at least 4 members (excludes halogenated alkanes) is 1. The molecule has 0 aromatic heterocycles. The van der Waals surface area contributed by atoms with Crippen LogP contribution < -0.4 is 15.5 Å². The maximum atomic E-state index is 3.84. The van der Waals surface area contributed by atoms with Crippen molar-refractivity contribution in [2.45, 2.75) is 78.3 Å². The summed E-state index contributed by atoms with van der Waals surface area (Å²) in [6, 6.07) is 18.2. The lowest BCUT2D eigenvalue weighted by atomic mass is 9.82. The molecule has 2 bridgehead atoms. The molecule has 0 amide bonds. The number of nitrogens with zero attached hydrogens (tertiary/aromatic N) is 2. The van der Waals surface area contributed by atoms with Crippen LogP contribution in [0.25, 0.3) is 11.1 Å². The van der Waals surface area contributed by atoms with Gasteiger partial charge >= 0.3 is 0 Å². The second kappa shape index (κ2) is 18.1. The highest BCUT2D eigenvalue weighted by Gasteiger charge is 2.66. The van der Waals surface area contributed by atoms with Gasteiger partial charge in [0.25, 0.3) is 0 Å². The van der Waals surface area contributed by atoms with E-state index in [2.05, 4.69) is 201 Å². The predicted octanol–water partition coefficient (Wildman–Crippen LogP) is 12.8. The molecule has 2 aromatic carbocycles. The molecule has 2 aliphatic heterocycles. The van der Waals surface area contributed by atoms with Crippen LogP contribution in [0.2, 0.25) is 0 Å². The maximum absolute atomic E-state index is 3.84. The van der Waals surface area contributed by atoms with E-state index in [0.29, 0.717) is 11.8 Å². The van der Waals surface area contributed by atoms with Crippen molar-refractivity contribution in [1.82, 2.24) is 15.5 Å². The number of hydrogen-bond donors (Lipinski definition) is 2. The van der Waals surface area contributed by atoms with E-state index in [0.717, 1.165) is 51.6 Å². The molecule has 1 saturated carbocycles. The number of allylic oxidation sites excluding steroid dienone is 19. The molecule has 59 heavy (non-hydrogen) atoms. The molecule has 0 saturated heterocycles. The molecule has 4 unspecified atom stereocenters. The number of fused-ring (bicyclic) bond motifs is 4. The first-order valence-electron chi connectivity index (χ1n) is 22.1. The molecule has 2 heterocycles. The number of hydrogen-bond acceptors (Lipinski definition) is 4. The Bertz CT molecular complexity index is 2300.